The molecular formula is C30H30ClFN6O. The summed E-state index contributed by atoms with van der Waals surface area (Å²) >= 11 is 5.97. The highest BCUT2D eigenvalue weighted by Crippen LogP contribution is 2.35. The van der Waals surface area contributed by atoms with E-state index in [0.29, 0.717) is 24.6 Å². The molecule has 0 saturated carbocycles. The number of carbonyl (C=O) groups is 1. The van der Waals surface area contributed by atoms with Crippen molar-refractivity contribution in [3.63, 3.8) is 0 Å². The summed E-state index contributed by atoms with van der Waals surface area (Å²) in [6, 6.07) is 18.6. The summed E-state index contributed by atoms with van der Waals surface area (Å²) in [7, 11) is 0. The molecular weight excluding hydrogens is 515 g/mol. The maximum atomic E-state index is 13.9. The smallest absolute Gasteiger partial charge is 0.257 e. The second kappa shape index (κ2) is 11.2. The number of benzene rings is 2. The first-order chi connectivity index (χ1) is 19.0. The molecule has 0 unspecified atom stereocenters. The summed E-state index contributed by atoms with van der Waals surface area (Å²) in [6.07, 6.45) is 6.07. The molecule has 7 nitrogen and oxygen atoms in total. The Morgan fingerprint density at radius 1 is 0.949 bits per heavy atom. The predicted octanol–water partition coefficient (Wildman–Crippen LogP) is 5.46. The zero-order chi connectivity index (χ0) is 26.8. The van der Waals surface area contributed by atoms with Gasteiger partial charge in [-0.15, -0.1) is 0 Å². The van der Waals surface area contributed by atoms with Crippen molar-refractivity contribution in [2.24, 2.45) is 0 Å². The van der Waals surface area contributed by atoms with Gasteiger partial charge in [0, 0.05) is 37.7 Å². The lowest BCUT2D eigenvalue weighted by Gasteiger charge is -2.32. The number of hydrogen-bond donors (Lipinski definition) is 0. The Balaban J connectivity index is 1.24. The van der Waals surface area contributed by atoms with E-state index >= 15 is 0 Å². The van der Waals surface area contributed by atoms with Gasteiger partial charge < -0.3 is 4.90 Å². The third kappa shape index (κ3) is 5.58. The Morgan fingerprint density at radius 3 is 2.44 bits per heavy atom. The number of aromatic nitrogens is 4. The lowest BCUT2D eigenvalue weighted by Crippen LogP contribution is -2.34. The van der Waals surface area contributed by atoms with Crippen LogP contribution in [0.15, 0.2) is 73.1 Å². The number of halogens is 2. The molecule has 4 heterocycles. The largest absolute Gasteiger partial charge is 0.338 e. The lowest BCUT2D eigenvalue weighted by molar-refractivity contribution is 0.0788. The van der Waals surface area contributed by atoms with Gasteiger partial charge in [0.2, 0.25) is 5.28 Å². The molecule has 0 spiro atoms. The lowest BCUT2D eigenvalue weighted by atomic mass is 9.90. The number of rotatable bonds is 6. The molecule has 0 bridgehead atoms. The maximum absolute atomic E-state index is 13.9. The Labute approximate surface area is 232 Å². The Hall–Kier alpha value is -3.62. The van der Waals surface area contributed by atoms with Crippen molar-refractivity contribution in [1.29, 1.82) is 0 Å². The molecule has 6 rings (SSSR count). The zero-order valence-electron chi connectivity index (χ0n) is 21.6. The second-order valence-corrected chi connectivity index (χ2v) is 10.7. The van der Waals surface area contributed by atoms with Gasteiger partial charge in [-0.2, -0.15) is 5.10 Å². The van der Waals surface area contributed by atoms with Crippen LogP contribution in [0, 0.1) is 5.82 Å². The van der Waals surface area contributed by atoms with Crippen molar-refractivity contribution in [3.8, 4) is 5.69 Å². The van der Waals surface area contributed by atoms with Gasteiger partial charge in [0.15, 0.2) is 0 Å². The standard InChI is InChI=1S/C30H30ClFN6O/c31-30-33-14-10-25(35-30)20-36-15-11-22(12-16-36)28-27(18-34-38(28)26-8-6-24(32)7-9-26)29(39)37-17-13-23(19-37)21-4-2-1-3-5-21/h1-10,14,18,22-23H,11-13,15-17,19-20H2/t23-/m0/s1. The van der Waals surface area contributed by atoms with Crippen LogP contribution in [0.1, 0.15) is 58.4 Å². The van der Waals surface area contributed by atoms with Crippen LogP contribution in [0.25, 0.3) is 5.69 Å². The van der Waals surface area contributed by atoms with Crippen molar-refractivity contribution >= 4 is 17.5 Å². The molecule has 0 aliphatic carbocycles. The SMILES string of the molecule is O=C(c1cnn(-c2ccc(F)cc2)c1C1CCN(Cc2ccnc(Cl)n2)CC1)N1CC[C@H](c2ccccc2)C1. The van der Waals surface area contributed by atoms with Crippen molar-refractivity contribution in [3.05, 3.63) is 107 Å². The molecule has 2 aromatic carbocycles. The van der Waals surface area contributed by atoms with Gasteiger partial charge >= 0.3 is 0 Å². The number of nitrogens with zero attached hydrogens (tertiary/aromatic N) is 6. The molecule has 9 heteroatoms. The molecule has 2 fully saturated rings. The fourth-order valence-electron chi connectivity index (χ4n) is 5.87. The minimum Gasteiger partial charge on any atom is -0.338 e. The first kappa shape index (κ1) is 25.6. The van der Waals surface area contributed by atoms with Crippen LogP contribution in [-0.4, -0.2) is 61.6 Å². The van der Waals surface area contributed by atoms with E-state index in [1.165, 1.54) is 17.7 Å². The molecule has 200 valence electrons. The normalized spacial score (nSPS) is 18.5. The van der Waals surface area contributed by atoms with Crippen LogP contribution in [-0.2, 0) is 6.54 Å². The minimum atomic E-state index is -0.300. The van der Waals surface area contributed by atoms with E-state index in [-0.39, 0.29) is 22.9 Å². The number of likely N-dealkylation sites (tertiary alicyclic amines) is 2. The van der Waals surface area contributed by atoms with E-state index in [4.69, 9.17) is 11.6 Å². The van der Waals surface area contributed by atoms with Crippen molar-refractivity contribution < 1.29 is 9.18 Å². The van der Waals surface area contributed by atoms with E-state index in [0.717, 1.165) is 56.0 Å². The van der Waals surface area contributed by atoms with Crippen LogP contribution in [0.3, 0.4) is 0 Å². The third-order valence-corrected chi connectivity index (χ3v) is 8.08. The minimum absolute atomic E-state index is 0.0230. The summed E-state index contributed by atoms with van der Waals surface area (Å²) < 4.78 is 15.5. The van der Waals surface area contributed by atoms with Crippen LogP contribution in [0.2, 0.25) is 5.28 Å². The molecule has 2 aliphatic heterocycles. The highest BCUT2D eigenvalue weighted by atomic mass is 35.5. The van der Waals surface area contributed by atoms with Gasteiger partial charge in [0.1, 0.15) is 5.82 Å². The highest BCUT2D eigenvalue weighted by Gasteiger charge is 2.34. The van der Waals surface area contributed by atoms with Crippen LogP contribution < -0.4 is 0 Å². The van der Waals surface area contributed by atoms with Gasteiger partial charge in [-0.1, -0.05) is 30.3 Å². The summed E-state index contributed by atoms with van der Waals surface area (Å²) in [5.74, 6) is 0.208. The van der Waals surface area contributed by atoms with E-state index in [2.05, 4.69) is 44.2 Å². The average molecular weight is 545 g/mol. The molecule has 2 aliphatic rings. The quantitative estimate of drug-likeness (QED) is 0.301. The molecule has 0 N–H and O–H groups in total. The summed E-state index contributed by atoms with van der Waals surface area (Å²) in [5.41, 5.74) is 4.48. The van der Waals surface area contributed by atoms with Crippen molar-refractivity contribution in [2.75, 3.05) is 26.2 Å². The van der Waals surface area contributed by atoms with E-state index in [1.807, 2.05) is 21.7 Å². The molecule has 39 heavy (non-hydrogen) atoms. The average Bonchev–Trinajstić information content (AvgIpc) is 3.63. The van der Waals surface area contributed by atoms with E-state index < -0.39 is 0 Å². The molecule has 1 atom stereocenters. The van der Waals surface area contributed by atoms with Crippen molar-refractivity contribution in [2.45, 2.75) is 37.6 Å². The van der Waals surface area contributed by atoms with Gasteiger partial charge in [-0.3, -0.25) is 9.69 Å². The molecule has 0 radical (unpaired) electrons. The van der Waals surface area contributed by atoms with E-state index in [1.54, 1.807) is 24.5 Å². The topological polar surface area (TPSA) is 67.2 Å². The zero-order valence-corrected chi connectivity index (χ0v) is 22.3. The molecule has 2 saturated heterocycles. The first-order valence-corrected chi connectivity index (χ1v) is 13.8. The van der Waals surface area contributed by atoms with Gasteiger partial charge in [0.25, 0.3) is 5.91 Å². The summed E-state index contributed by atoms with van der Waals surface area (Å²) in [4.78, 5) is 26.5. The van der Waals surface area contributed by atoms with Crippen molar-refractivity contribution in [1.82, 2.24) is 29.5 Å². The molecule has 1 amide bonds. The molecule has 2 aromatic heterocycles. The number of hydrogen-bond acceptors (Lipinski definition) is 5. The fraction of sp³-hybridized carbons (Fsp3) is 0.333. The van der Waals surface area contributed by atoms with Crippen LogP contribution in [0.5, 0.6) is 0 Å². The number of piperidine rings is 1. The predicted molar refractivity (Wildman–Crippen MR) is 148 cm³/mol. The van der Waals surface area contributed by atoms with E-state index in [9.17, 15) is 9.18 Å². The van der Waals surface area contributed by atoms with Gasteiger partial charge in [-0.25, -0.2) is 19.0 Å². The maximum Gasteiger partial charge on any atom is 0.257 e. The highest BCUT2D eigenvalue weighted by molar-refractivity contribution is 6.28. The Kier molecular flexibility index (Phi) is 7.39. The second-order valence-electron chi connectivity index (χ2n) is 10.3. The first-order valence-electron chi connectivity index (χ1n) is 13.4. The molecule has 4 aromatic rings. The van der Waals surface area contributed by atoms with Crippen LogP contribution >= 0.6 is 11.6 Å². The van der Waals surface area contributed by atoms with Crippen LogP contribution in [0.4, 0.5) is 4.39 Å². The number of carbonyl (C=O) groups excluding carboxylic acids is 1. The monoisotopic (exact) mass is 544 g/mol. The Morgan fingerprint density at radius 2 is 1.69 bits per heavy atom. The Bertz CT molecular complexity index is 1440. The van der Waals surface area contributed by atoms with Gasteiger partial charge in [0.05, 0.1) is 28.8 Å². The summed E-state index contributed by atoms with van der Waals surface area (Å²) in [6.45, 7) is 3.83. The third-order valence-electron chi connectivity index (χ3n) is 7.90. The van der Waals surface area contributed by atoms with Gasteiger partial charge in [-0.05, 0) is 79.8 Å². The fourth-order valence-corrected chi connectivity index (χ4v) is 6.03. The summed E-state index contributed by atoms with van der Waals surface area (Å²) in [5, 5.41) is 4.91. The number of amides is 1.